The molecule has 0 amide bonds. The zero-order valence-corrected chi connectivity index (χ0v) is 19.6. The lowest BCUT2D eigenvalue weighted by Gasteiger charge is -2.54. The van der Waals surface area contributed by atoms with Gasteiger partial charge in [0.15, 0.2) is 0 Å². The fraction of sp³-hybridized carbons (Fsp3) is 0.944. The first-order chi connectivity index (χ1) is 16.2. The highest BCUT2D eigenvalue weighted by molar-refractivity contribution is 5.82. The zero-order chi connectivity index (χ0) is 31.0. The Hall–Kier alpha value is -1.73. The zero-order valence-electron chi connectivity index (χ0n) is 19.6. The molecule has 1 saturated heterocycles. The average Bonchev–Trinajstić information content (AvgIpc) is 2.62. The first kappa shape index (κ1) is 34.3. The van der Waals surface area contributed by atoms with Crippen molar-refractivity contribution in [2.24, 2.45) is 0 Å². The van der Waals surface area contributed by atoms with Crippen LogP contribution in [-0.4, -0.2) is 76.4 Å². The van der Waals surface area contributed by atoms with E-state index in [1.807, 2.05) is 0 Å². The Bertz CT molecular complexity index is 878. The van der Waals surface area contributed by atoms with Gasteiger partial charge in [0.1, 0.15) is 5.60 Å². The fourth-order valence-corrected chi connectivity index (χ4v) is 2.92. The molecule has 0 radical (unpaired) electrons. The summed E-state index contributed by atoms with van der Waals surface area (Å²) < 4.78 is 230. The van der Waals surface area contributed by atoms with E-state index in [1.54, 1.807) is 0 Å². The standard InChI is InChI=1S/C18H19F16NO3/c1-9(2,3)37-7-6-10(4,5)38-8(36)11(19,15(26,27)28)16(29,30)35-17(31,32)13(22,23)12(20,21)14(24,25)18(35,33)34/h6-7H2,1-5H3. The van der Waals surface area contributed by atoms with E-state index in [-0.39, 0.29) is 0 Å². The van der Waals surface area contributed by atoms with Crippen molar-refractivity contribution >= 4 is 5.97 Å². The number of hydrogen-bond acceptors (Lipinski definition) is 4. The van der Waals surface area contributed by atoms with Gasteiger partial charge >= 0.3 is 53.7 Å². The van der Waals surface area contributed by atoms with Gasteiger partial charge in [-0.05, 0) is 34.6 Å². The van der Waals surface area contributed by atoms with Gasteiger partial charge < -0.3 is 9.47 Å². The Balaban J connectivity index is 3.77. The van der Waals surface area contributed by atoms with Gasteiger partial charge in [0.25, 0.3) is 0 Å². The average molecular weight is 601 g/mol. The van der Waals surface area contributed by atoms with E-state index in [4.69, 9.17) is 4.74 Å². The quantitative estimate of drug-likeness (QED) is 0.183. The minimum atomic E-state index is -8.13. The van der Waals surface area contributed by atoms with Crippen molar-refractivity contribution < 1.29 is 84.5 Å². The molecule has 1 fully saturated rings. The number of likely N-dealkylation sites (tertiary alicyclic amines) is 1. The lowest BCUT2D eigenvalue weighted by molar-refractivity contribution is -0.546. The van der Waals surface area contributed by atoms with Crippen molar-refractivity contribution in [3.63, 3.8) is 0 Å². The van der Waals surface area contributed by atoms with Crippen LogP contribution in [-0.2, 0) is 14.3 Å². The summed E-state index contributed by atoms with van der Waals surface area (Å²) in [4.78, 5) is 7.59. The van der Waals surface area contributed by atoms with Crippen molar-refractivity contribution in [3.05, 3.63) is 0 Å². The number of carbonyl (C=O) groups excluding carboxylic acids is 1. The molecule has 0 spiro atoms. The third kappa shape index (κ3) is 4.76. The van der Waals surface area contributed by atoms with Crippen LogP contribution in [0.15, 0.2) is 0 Å². The van der Waals surface area contributed by atoms with Crippen LogP contribution in [0.4, 0.5) is 70.2 Å². The molecule has 1 aliphatic rings. The van der Waals surface area contributed by atoms with Gasteiger partial charge in [-0.3, -0.25) is 0 Å². The number of rotatable bonds is 7. The Morgan fingerprint density at radius 2 is 1.05 bits per heavy atom. The molecule has 226 valence electrons. The largest absolute Gasteiger partial charge is 0.457 e. The summed E-state index contributed by atoms with van der Waals surface area (Å²) in [5.74, 6) is -27.8. The molecular formula is C18H19F16NO3. The second-order valence-corrected chi connectivity index (χ2v) is 9.70. The molecule has 0 aliphatic carbocycles. The molecule has 4 nitrogen and oxygen atoms in total. The highest BCUT2D eigenvalue weighted by Crippen LogP contribution is 2.68. The van der Waals surface area contributed by atoms with Gasteiger partial charge in [-0.15, -0.1) is 4.90 Å². The van der Waals surface area contributed by atoms with Gasteiger partial charge in [0, 0.05) is 6.42 Å². The van der Waals surface area contributed by atoms with Crippen molar-refractivity contribution in [1.82, 2.24) is 4.90 Å². The molecule has 1 heterocycles. The molecule has 0 aromatic carbocycles. The Morgan fingerprint density at radius 3 is 1.37 bits per heavy atom. The fourth-order valence-electron chi connectivity index (χ4n) is 2.92. The molecule has 0 aromatic heterocycles. The van der Waals surface area contributed by atoms with Crippen LogP contribution in [0.5, 0.6) is 0 Å². The SMILES string of the molecule is CC(C)(C)OCCC(C)(C)OC(=O)C(F)(C(F)(F)F)C(F)(F)N1C(F)(F)C(F)(F)C(F)(F)C(F)(F)C1(F)F. The van der Waals surface area contributed by atoms with Crippen molar-refractivity contribution in [2.45, 2.75) is 100.0 Å². The van der Waals surface area contributed by atoms with Crippen LogP contribution >= 0.6 is 0 Å². The Labute approximate surface area is 203 Å². The molecular weight excluding hydrogens is 582 g/mol. The van der Waals surface area contributed by atoms with Gasteiger partial charge in [0.05, 0.1) is 12.2 Å². The summed E-state index contributed by atoms with van der Waals surface area (Å²) in [6.45, 7) is 4.91. The molecule has 38 heavy (non-hydrogen) atoms. The minimum absolute atomic E-state index is 0.568. The van der Waals surface area contributed by atoms with Gasteiger partial charge in [0.2, 0.25) is 0 Å². The lowest BCUT2D eigenvalue weighted by atomic mass is 9.90. The van der Waals surface area contributed by atoms with E-state index < -0.39 is 82.9 Å². The predicted molar refractivity (Wildman–Crippen MR) is 91.9 cm³/mol. The molecule has 0 saturated carbocycles. The summed E-state index contributed by atoms with van der Waals surface area (Å²) in [6.07, 6.45) is -8.39. The van der Waals surface area contributed by atoms with Crippen LogP contribution in [0.2, 0.25) is 0 Å². The maximum absolute atomic E-state index is 14.9. The number of piperidine rings is 1. The van der Waals surface area contributed by atoms with E-state index >= 15 is 0 Å². The van der Waals surface area contributed by atoms with Gasteiger partial charge in [-0.25, -0.2) is 9.18 Å². The predicted octanol–water partition coefficient (Wildman–Crippen LogP) is 6.78. The lowest BCUT2D eigenvalue weighted by Crippen LogP contribution is -2.87. The molecule has 0 bridgehead atoms. The smallest absolute Gasteiger partial charge is 0.441 e. The van der Waals surface area contributed by atoms with Crippen molar-refractivity contribution in [2.75, 3.05) is 6.61 Å². The Morgan fingerprint density at radius 1 is 0.684 bits per heavy atom. The summed E-state index contributed by atoms with van der Waals surface area (Å²) >= 11 is 0. The first-order valence-corrected chi connectivity index (χ1v) is 9.90. The second kappa shape index (κ2) is 8.89. The van der Waals surface area contributed by atoms with Gasteiger partial charge in [-0.2, -0.15) is 65.9 Å². The Kier molecular flexibility index (Phi) is 8.02. The molecule has 0 aromatic rings. The van der Waals surface area contributed by atoms with E-state index in [9.17, 15) is 75.0 Å². The summed E-state index contributed by atoms with van der Waals surface area (Å²) in [7, 11) is 0. The van der Waals surface area contributed by atoms with Crippen LogP contribution in [0.1, 0.15) is 41.0 Å². The van der Waals surface area contributed by atoms with Crippen LogP contribution < -0.4 is 0 Å². The third-order valence-electron chi connectivity index (χ3n) is 5.08. The van der Waals surface area contributed by atoms with E-state index in [0.29, 0.717) is 13.8 Å². The molecule has 20 heteroatoms. The van der Waals surface area contributed by atoms with E-state index in [1.165, 1.54) is 20.8 Å². The monoisotopic (exact) mass is 601 g/mol. The highest BCUT2D eigenvalue weighted by atomic mass is 19.4. The van der Waals surface area contributed by atoms with E-state index in [2.05, 4.69) is 4.74 Å². The summed E-state index contributed by atoms with van der Waals surface area (Å²) in [5, 5.41) is 0. The normalized spacial score (nSPS) is 25.0. The number of alkyl halides is 16. The molecule has 1 rings (SSSR count). The topological polar surface area (TPSA) is 38.8 Å². The number of carbonyl (C=O) groups is 1. The molecule has 1 unspecified atom stereocenters. The van der Waals surface area contributed by atoms with Crippen LogP contribution in [0.3, 0.4) is 0 Å². The number of hydrogen-bond donors (Lipinski definition) is 0. The van der Waals surface area contributed by atoms with Crippen LogP contribution in [0, 0.1) is 0 Å². The number of ether oxygens (including phenoxy) is 2. The second-order valence-electron chi connectivity index (χ2n) is 9.70. The number of esters is 1. The van der Waals surface area contributed by atoms with Crippen molar-refractivity contribution in [3.8, 4) is 0 Å². The summed E-state index contributed by atoms with van der Waals surface area (Å²) in [6, 6.07) is -24.2. The van der Waals surface area contributed by atoms with E-state index in [0.717, 1.165) is 0 Å². The molecule has 0 N–H and O–H groups in total. The first-order valence-electron chi connectivity index (χ1n) is 9.90. The van der Waals surface area contributed by atoms with Crippen LogP contribution in [0.25, 0.3) is 0 Å². The number of halogens is 16. The molecule has 1 aliphatic heterocycles. The molecule has 1 atom stereocenters. The third-order valence-corrected chi connectivity index (χ3v) is 5.08. The van der Waals surface area contributed by atoms with Gasteiger partial charge in [-0.1, -0.05) is 0 Å². The highest BCUT2D eigenvalue weighted by Gasteiger charge is 3.00. The maximum atomic E-state index is 14.9. The maximum Gasteiger partial charge on any atom is 0.441 e. The summed E-state index contributed by atoms with van der Waals surface area (Å²) in [5.41, 5.74) is -11.0. The van der Waals surface area contributed by atoms with Crippen molar-refractivity contribution in [1.29, 1.82) is 0 Å². The minimum Gasteiger partial charge on any atom is -0.457 e. The number of nitrogens with zero attached hydrogens (tertiary/aromatic N) is 1.